The van der Waals surface area contributed by atoms with Crippen molar-refractivity contribution in [2.24, 2.45) is 9.98 Å². The van der Waals surface area contributed by atoms with Crippen molar-refractivity contribution < 1.29 is 78.8 Å². The zero-order valence-electron chi connectivity index (χ0n) is 78.1. The van der Waals surface area contributed by atoms with Gasteiger partial charge in [-0.1, -0.05) is 255 Å². The van der Waals surface area contributed by atoms with E-state index >= 15 is 0 Å². The Labute approximate surface area is 776 Å². The Morgan fingerprint density at radius 1 is 0.438 bits per heavy atom. The fraction of sp³-hybridized carbons (Fsp3) is 0.525. The number of methoxy groups -OCH3 is 4. The third-order valence-corrected chi connectivity index (χ3v) is 28.3. The van der Waals surface area contributed by atoms with Gasteiger partial charge in [0.1, 0.15) is 44.1 Å². The molecule has 2 unspecified atom stereocenters. The van der Waals surface area contributed by atoms with Crippen molar-refractivity contribution in [2.75, 3.05) is 77.7 Å². The van der Waals surface area contributed by atoms with Crippen molar-refractivity contribution >= 4 is 102 Å². The molecule has 708 valence electrons. The summed E-state index contributed by atoms with van der Waals surface area (Å²) in [5.41, 5.74) is 1.26. The van der Waals surface area contributed by atoms with Gasteiger partial charge in [-0.05, 0) is 137 Å². The maximum absolute atomic E-state index is 15.0. The fourth-order valence-electron chi connectivity index (χ4n) is 16.1. The minimum Gasteiger partial charge on any atom is -0.497 e. The molecule has 3 aliphatic heterocycles. The van der Waals surface area contributed by atoms with Crippen LogP contribution in [0.25, 0.3) is 0 Å². The minimum atomic E-state index is -4.25. The Hall–Kier alpha value is -10.4. The molecule has 10 rings (SSSR count). The van der Waals surface area contributed by atoms with Gasteiger partial charge in [-0.15, -0.1) is 11.8 Å². The molecule has 1 saturated heterocycles. The summed E-state index contributed by atoms with van der Waals surface area (Å²) in [6.07, 6.45) is 41.3. The van der Waals surface area contributed by atoms with Crippen LogP contribution in [0.1, 0.15) is 284 Å². The number of sulfonamides is 2. The van der Waals surface area contributed by atoms with Crippen molar-refractivity contribution in [3.8, 4) is 28.7 Å². The van der Waals surface area contributed by atoms with E-state index in [1.165, 1.54) is 208 Å². The third-order valence-electron chi connectivity index (χ3n) is 23.4. The van der Waals surface area contributed by atoms with Gasteiger partial charge in [0.05, 0.1) is 82.1 Å². The SMILES string of the molecule is CCCCCCCCCCCCCCCCCCN1C(C(C(=O)Nc2cc(C)ccc2OCCCOc2ccc(C)cc2)n2cc(C(=O)OC)c(C(=O)OC)c2)=Nc2ccccc2S1(=O)=O.CCCCCCCCCCCCCCCCCCN1C(C(C(=O)Nc2cc(OC)ccc2SCCCOc2ccc(OC)cc2)N2C(=O)NC(C)(C)C2=O)=Nc2ccccc2S1(=O)=O. The van der Waals surface area contributed by atoms with Crippen LogP contribution in [0.2, 0.25) is 0 Å². The first kappa shape index (κ1) is 103. The number of carbonyl (C=O) groups excluding carboxylic acids is 6. The van der Waals surface area contributed by atoms with Crippen molar-refractivity contribution in [1.82, 2.24) is 23.4 Å². The topological polar surface area (TPSA) is 311 Å². The molecular formula is C101H139N9O17S3. The number of amides is 5. The summed E-state index contributed by atoms with van der Waals surface area (Å²) in [7, 11) is -3.00. The van der Waals surface area contributed by atoms with Crippen LogP contribution in [0.5, 0.6) is 28.7 Å². The molecule has 29 heteroatoms. The number of ether oxygens (including phenoxy) is 7. The van der Waals surface area contributed by atoms with E-state index in [-0.39, 0.29) is 63.7 Å². The number of para-hydroxylation sites is 2. The zero-order chi connectivity index (χ0) is 93.3. The van der Waals surface area contributed by atoms with Gasteiger partial charge >= 0.3 is 18.0 Å². The van der Waals surface area contributed by atoms with Gasteiger partial charge in [-0.3, -0.25) is 23.0 Å². The molecule has 0 aliphatic carbocycles. The third kappa shape index (κ3) is 30.6. The summed E-state index contributed by atoms with van der Waals surface area (Å²) < 4.78 is 101. The predicted molar refractivity (Wildman–Crippen MR) is 515 cm³/mol. The largest absolute Gasteiger partial charge is 0.497 e. The number of urea groups is 1. The number of imide groups is 1. The highest BCUT2D eigenvalue weighted by atomic mass is 32.2. The molecule has 1 aromatic heterocycles. The van der Waals surface area contributed by atoms with Crippen LogP contribution in [0.15, 0.2) is 171 Å². The summed E-state index contributed by atoms with van der Waals surface area (Å²) in [5, 5.41) is 8.59. The first-order valence-corrected chi connectivity index (χ1v) is 50.8. The van der Waals surface area contributed by atoms with Crippen molar-refractivity contribution in [3.05, 3.63) is 168 Å². The Morgan fingerprint density at radius 2 is 0.831 bits per heavy atom. The molecule has 4 heterocycles. The number of aryl methyl sites for hydroxylation is 2. The Morgan fingerprint density at radius 3 is 1.28 bits per heavy atom. The molecule has 26 nitrogen and oxygen atoms in total. The second-order valence-corrected chi connectivity index (χ2v) is 38.9. The van der Waals surface area contributed by atoms with Gasteiger partial charge in [-0.25, -0.2) is 46.1 Å². The maximum Gasteiger partial charge on any atom is 0.340 e. The fourth-order valence-corrected chi connectivity index (χ4v) is 20.2. The lowest BCUT2D eigenvalue weighted by atomic mass is 10.0. The molecule has 1 fully saturated rings. The van der Waals surface area contributed by atoms with Crippen molar-refractivity contribution in [3.63, 3.8) is 0 Å². The number of nitrogens with zero attached hydrogens (tertiary/aromatic N) is 6. The van der Waals surface area contributed by atoms with Gasteiger partial charge in [0, 0.05) is 48.6 Å². The van der Waals surface area contributed by atoms with Gasteiger partial charge in [0.15, 0.2) is 23.8 Å². The van der Waals surface area contributed by atoms with Crippen molar-refractivity contribution in [2.45, 2.75) is 292 Å². The highest BCUT2D eigenvalue weighted by Crippen LogP contribution is 2.41. The average Bonchev–Trinajstić information content (AvgIpc) is 1.51. The van der Waals surface area contributed by atoms with E-state index in [9.17, 15) is 45.6 Å². The lowest BCUT2D eigenvalue weighted by Crippen LogP contribution is -2.59. The van der Waals surface area contributed by atoms with Crippen LogP contribution in [-0.2, 0) is 43.9 Å². The monoisotopic (exact) mass is 1850 g/mol. The highest BCUT2D eigenvalue weighted by molar-refractivity contribution is 7.99. The number of rotatable bonds is 58. The zero-order valence-corrected chi connectivity index (χ0v) is 80.6. The average molecular weight is 1850 g/mol. The van der Waals surface area contributed by atoms with Gasteiger partial charge in [0.2, 0.25) is 0 Å². The summed E-state index contributed by atoms with van der Waals surface area (Å²) in [6.45, 7) is 12.7. The lowest BCUT2D eigenvalue weighted by Gasteiger charge is -2.36. The number of thioether (sulfide) groups is 1. The molecular weight excluding hydrogens is 1710 g/mol. The molecule has 5 amide bonds. The number of aromatic nitrogens is 1. The van der Waals surface area contributed by atoms with Gasteiger partial charge in [0.25, 0.3) is 37.8 Å². The second kappa shape index (κ2) is 53.8. The molecule has 0 spiro atoms. The Balaban J connectivity index is 0.000000293. The van der Waals surface area contributed by atoms with E-state index in [0.717, 1.165) is 88.9 Å². The molecule has 0 bridgehead atoms. The quantitative estimate of drug-likeness (QED) is 0.0138. The van der Waals surface area contributed by atoms with Crippen LogP contribution >= 0.6 is 11.8 Å². The molecule has 0 saturated carbocycles. The molecule has 3 N–H and O–H groups in total. The number of aliphatic imine (C=N–C) groups is 2. The normalized spacial score (nSPS) is 14.5. The molecule has 7 aromatic rings. The maximum atomic E-state index is 15.0. The standard InChI is InChI=1S/C52H70N4O9S.C49H69N5O8S2/c1-6-7-8-9-10-11-12-13-14-15-16-17-18-19-20-23-33-56-49(53-44-25-21-22-26-47(44)66(56,60)61)48(55-37-42(51(58)62-4)43(38-55)52(59)63-5)50(57)54-45-36-40(3)29-32-46(45)65-35-24-34-64-41-30-27-39(2)28-31-41;1-6-7-8-9-10-11-12-13-14-15-16-17-18-19-20-23-33-53-45(50-40-25-21-22-26-43(40)64(53,58)59)44(54-47(56)49(2,3)52-48(54)57)46(55)51-41-36-39(61-5)31-32-42(41)63-35-24-34-62-38-29-27-37(60-4)28-30-38/h21-22,25-32,36-38,48H,6-20,23-24,33-35H2,1-5H3,(H,54,57);21-22,25-32,36,44H,6-20,23-24,33-35H2,1-5H3,(H,51,55)(H,52,57). The number of hydrogen-bond acceptors (Lipinski definition) is 20. The molecule has 130 heavy (non-hydrogen) atoms. The first-order chi connectivity index (χ1) is 62.9. The number of hydrogen-bond donors (Lipinski definition) is 3. The molecule has 2 atom stereocenters. The van der Waals surface area contributed by atoms with E-state index in [0.29, 0.717) is 72.4 Å². The number of fused-ring (bicyclic) bond motifs is 2. The first-order valence-electron chi connectivity index (χ1n) is 47.0. The summed E-state index contributed by atoms with van der Waals surface area (Å²) in [5.74, 6) is -0.493. The number of nitrogens with one attached hydrogen (secondary N) is 3. The number of carbonyl (C=O) groups is 6. The van der Waals surface area contributed by atoms with E-state index < -0.39 is 73.4 Å². The number of unbranched alkanes of at least 4 members (excludes halogenated alkanes) is 30. The van der Waals surface area contributed by atoms with Crippen LogP contribution in [0.3, 0.4) is 0 Å². The number of esters is 2. The van der Waals surface area contributed by atoms with Gasteiger partial charge in [-0.2, -0.15) is 0 Å². The van der Waals surface area contributed by atoms with Crippen LogP contribution in [-0.4, -0.2) is 161 Å². The molecule has 0 radical (unpaired) electrons. The number of anilines is 2. The Kier molecular flexibility index (Phi) is 42.8. The summed E-state index contributed by atoms with van der Waals surface area (Å²) >= 11 is 1.48. The minimum absolute atomic E-state index is 0.00520. The van der Waals surface area contributed by atoms with Crippen LogP contribution in [0.4, 0.5) is 27.5 Å². The predicted octanol–water partition coefficient (Wildman–Crippen LogP) is 22.6. The highest BCUT2D eigenvalue weighted by Gasteiger charge is 2.54. The Bertz CT molecular complexity index is 5040. The van der Waals surface area contributed by atoms with E-state index in [2.05, 4.69) is 29.8 Å². The number of amidine groups is 2. The van der Waals surface area contributed by atoms with E-state index in [1.807, 2.05) is 74.5 Å². The number of benzene rings is 6. The van der Waals surface area contributed by atoms with Gasteiger partial charge < -0.3 is 53.7 Å². The van der Waals surface area contributed by atoms with Crippen LogP contribution < -0.4 is 39.6 Å². The van der Waals surface area contributed by atoms with Crippen LogP contribution in [0, 0.1) is 13.8 Å². The lowest BCUT2D eigenvalue weighted by molar-refractivity contribution is -0.134. The smallest absolute Gasteiger partial charge is 0.340 e. The second-order valence-electron chi connectivity index (χ2n) is 34.1. The molecule has 6 aromatic carbocycles. The molecule has 3 aliphatic rings. The van der Waals surface area contributed by atoms with Crippen molar-refractivity contribution in [1.29, 1.82) is 0 Å². The summed E-state index contributed by atoms with van der Waals surface area (Å²) in [4.78, 5) is 94.8. The summed E-state index contributed by atoms with van der Waals surface area (Å²) in [6, 6.07) is 34.4. The van der Waals surface area contributed by atoms with E-state index in [1.54, 1.807) is 81.6 Å². The van der Waals surface area contributed by atoms with E-state index in [4.69, 9.17) is 43.1 Å².